The van der Waals surface area contributed by atoms with E-state index in [1.807, 2.05) is 29.9 Å². The van der Waals surface area contributed by atoms with Crippen molar-refractivity contribution in [3.63, 3.8) is 0 Å². The summed E-state index contributed by atoms with van der Waals surface area (Å²) in [4.78, 5) is 15.6. The van der Waals surface area contributed by atoms with Crippen LogP contribution in [-0.2, 0) is 24.8 Å². The molecule has 3 rings (SSSR count). The zero-order valence-electron chi connectivity index (χ0n) is 10.8. The fourth-order valence-electron chi connectivity index (χ4n) is 2.24. The summed E-state index contributed by atoms with van der Waals surface area (Å²) in [6, 6.07) is 6.03. The van der Waals surface area contributed by atoms with Crippen LogP contribution in [0.3, 0.4) is 0 Å². The minimum Gasteiger partial charge on any atom is -0.378 e. The minimum atomic E-state index is 0.0984. The molecule has 19 heavy (non-hydrogen) atoms. The molecule has 0 unspecified atom stereocenters. The molecule has 2 aromatic rings. The van der Waals surface area contributed by atoms with E-state index in [0.29, 0.717) is 13.0 Å². The first-order valence-electron chi connectivity index (χ1n) is 6.35. The van der Waals surface area contributed by atoms with Crippen molar-refractivity contribution in [1.29, 1.82) is 0 Å². The van der Waals surface area contributed by atoms with Gasteiger partial charge in [0.1, 0.15) is 5.82 Å². The van der Waals surface area contributed by atoms with Crippen LogP contribution in [0.15, 0.2) is 30.6 Å². The number of rotatable bonds is 3. The molecule has 1 aliphatic rings. The van der Waals surface area contributed by atoms with Gasteiger partial charge in [-0.2, -0.15) is 0 Å². The van der Waals surface area contributed by atoms with E-state index in [4.69, 9.17) is 0 Å². The summed E-state index contributed by atoms with van der Waals surface area (Å²) in [6.07, 6.45) is 5.09. The van der Waals surface area contributed by atoms with Gasteiger partial charge in [0.2, 0.25) is 5.91 Å². The molecule has 0 atom stereocenters. The standard InChI is InChI=1S/C14H16N4O/c1-18-7-6-15-13(18)9-16-11-3-4-12-10(8-11)2-5-14(19)17-12/h3-4,6-8,16H,2,5,9H2,1H3,(H,17,19). The number of fused-ring (bicyclic) bond motifs is 1. The summed E-state index contributed by atoms with van der Waals surface area (Å²) < 4.78 is 1.99. The third-order valence-corrected chi connectivity index (χ3v) is 3.37. The van der Waals surface area contributed by atoms with Crippen LogP contribution in [0.5, 0.6) is 0 Å². The maximum Gasteiger partial charge on any atom is 0.224 e. The topological polar surface area (TPSA) is 59.0 Å². The molecule has 0 aliphatic carbocycles. The van der Waals surface area contributed by atoms with E-state index in [9.17, 15) is 4.79 Å². The van der Waals surface area contributed by atoms with Gasteiger partial charge >= 0.3 is 0 Å². The third-order valence-electron chi connectivity index (χ3n) is 3.37. The Morgan fingerprint density at radius 2 is 2.32 bits per heavy atom. The number of imidazole rings is 1. The largest absolute Gasteiger partial charge is 0.378 e. The van der Waals surface area contributed by atoms with Crippen molar-refractivity contribution in [2.75, 3.05) is 10.6 Å². The van der Waals surface area contributed by atoms with Gasteiger partial charge < -0.3 is 15.2 Å². The van der Waals surface area contributed by atoms with E-state index in [1.54, 1.807) is 6.20 Å². The van der Waals surface area contributed by atoms with Crippen LogP contribution >= 0.6 is 0 Å². The quantitative estimate of drug-likeness (QED) is 0.882. The summed E-state index contributed by atoms with van der Waals surface area (Å²) in [7, 11) is 1.98. The SMILES string of the molecule is Cn1ccnc1CNc1ccc2c(c1)CCC(=O)N2. The molecule has 0 radical (unpaired) electrons. The van der Waals surface area contributed by atoms with Gasteiger partial charge in [0.05, 0.1) is 6.54 Å². The first-order chi connectivity index (χ1) is 9.22. The first kappa shape index (κ1) is 11.8. The number of hydrogen-bond acceptors (Lipinski definition) is 3. The zero-order valence-corrected chi connectivity index (χ0v) is 10.8. The van der Waals surface area contributed by atoms with Crippen molar-refractivity contribution in [1.82, 2.24) is 9.55 Å². The molecule has 1 aromatic heterocycles. The number of carbonyl (C=O) groups is 1. The van der Waals surface area contributed by atoms with Crippen molar-refractivity contribution >= 4 is 17.3 Å². The van der Waals surface area contributed by atoms with Gasteiger partial charge in [-0.3, -0.25) is 4.79 Å². The van der Waals surface area contributed by atoms with Crippen LogP contribution < -0.4 is 10.6 Å². The Balaban J connectivity index is 1.72. The summed E-state index contributed by atoms with van der Waals surface area (Å²) in [5, 5.41) is 6.24. The lowest BCUT2D eigenvalue weighted by molar-refractivity contribution is -0.116. The molecule has 98 valence electrons. The van der Waals surface area contributed by atoms with Gasteiger partial charge in [0.15, 0.2) is 0 Å². The summed E-state index contributed by atoms with van der Waals surface area (Å²) in [5.74, 6) is 1.09. The first-order valence-corrected chi connectivity index (χ1v) is 6.35. The number of amides is 1. The monoisotopic (exact) mass is 256 g/mol. The fourth-order valence-corrected chi connectivity index (χ4v) is 2.24. The molecular weight excluding hydrogens is 240 g/mol. The number of carbonyl (C=O) groups excluding carboxylic acids is 1. The van der Waals surface area contributed by atoms with Crippen molar-refractivity contribution < 1.29 is 4.79 Å². The fraction of sp³-hybridized carbons (Fsp3) is 0.286. The van der Waals surface area contributed by atoms with Gasteiger partial charge in [-0.1, -0.05) is 0 Å². The normalized spacial score (nSPS) is 13.8. The molecule has 1 aromatic carbocycles. The Bertz CT molecular complexity index is 618. The van der Waals surface area contributed by atoms with Crippen LogP contribution in [0.4, 0.5) is 11.4 Å². The maximum atomic E-state index is 11.3. The number of hydrogen-bond donors (Lipinski definition) is 2. The lowest BCUT2D eigenvalue weighted by Crippen LogP contribution is -2.19. The average Bonchev–Trinajstić information content (AvgIpc) is 2.82. The molecule has 5 nitrogen and oxygen atoms in total. The molecule has 0 bridgehead atoms. The summed E-state index contributed by atoms with van der Waals surface area (Å²) >= 11 is 0. The summed E-state index contributed by atoms with van der Waals surface area (Å²) in [5.41, 5.74) is 3.17. The Morgan fingerprint density at radius 3 is 3.11 bits per heavy atom. The van der Waals surface area contributed by atoms with Crippen LogP contribution in [0.2, 0.25) is 0 Å². The molecule has 0 spiro atoms. The number of aryl methyl sites for hydroxylation is 2. The highest BCUT2D eigenvalue weighted by Crippen LogP contribution is 2.25. The molecule has 5 heteroatoms. The van der Waals surface area contributed by atoms with E-state index in [2.05, 4.69) is 21.7 Å². The molecule has 2 heterocycles. The van der Waals surface area contributed by atoms with E-state index >= 15 is 0 Å². The third kappa shape index (κ3) is 2.45. The number of anilines is 2. The predicted molar refractivity (Wildman–Crippen MR) is 73.9 cm³/mol. The van der Waals surface area contributed by atoms with Gasteiger partial charge in [-0.15, -0.1) is 0 Å². The Morgan fingerprint density at radius 1 is 1.42 bits per heavy atom. The van der Waals surface area contributed by atoms with Gasteiger partial charge in [-0.25, -0.2) is 4.98 Å². The van der Waals surface area contributed by atoms with E-state index in [1.165, 1.54) is 5.56 Å². The van der Waals surface area contributed by atoms with Crippen molar-refractivity contribution in [2.24, 2.45) is 7.05 Å². The highest BCUT2D eigenvalue weighted by atomic mass is 16.1. The van der Waals surface area contributed by atoms with Crippen molar-refractivity contribution in [3.05, 3.63) is 42.0 Å². The van der Waals surface area contributed by atoms with Crippen molar-refractivity contribution in [3.8, 4) is 0 Å². The number of aromatic nitrogens is 2. The molecule has 0 fully saturated rings. The second kappa shape index (κ2) is 4.76. The Hall–Kier alpha value is -2.30. The lowest BCUT2D eigenvalue weighted by atomic mass is 10.0. The molecule has 0 saturated heterocycles. The number of benzene rings is 1. The zero-order chi connectivity index (χ0) is 13.2. The molecular formula is C14H16N4O. The predicted octanol–water partition coefficient (Wildman–Crippen LogP) is 1.92. The second-order valence-corrected chi connectivity index (χ2v) is 4.73. The van der Waals surface area contributed by atoms with Crippen LogP contribution in [0.25, 0.3) is 0 Å². The number of nitrogens with zero attached hydrogens (tertiary/aromatic N) is 2. The second-order valence-electron chi connectivity index (χ2n) is 4.73. The Labute approximate surface area is 111 Å². The van der Waals surface area contributed by atoms with E-state index in [-0.39, 0.29) is 5.91 Å². The minimum absolute atomic E-state index is 0.0984. The van der Waals surface area contributed by atoms with Crippen LogP contribution in [0.1, 0.15) is 17.8 Å². The summed E-state index contributed by atoms with van der Waals surface area (Å²) in [6.45, 7) is 0.689. The van der Waals surface area contributed by atoms with Gasteiger partial charge in [0, 0.05) is 37.2 Å². The molecule has 0 saturated carbocycles. The van der Waals surface area contributed by atoms with E-state index < -0.39 is 0 Å². The van der Waals surface area contributed by atoms with Crippen LogP contribution in [-0.4, -0.2) is 15.5 Å². The van der Waals surface area contributed by atoms with E-state index in [0.717, 1.165) is 23.6 Å². The molecule has 2 N–H and O–H groups in total. The number of nitrogens with one attached hydrogen (secondary N) is 2. The average molecular weight is 256 g/mol. The van der Waals surface area contributed by atoms with Crippen LogP contribution in [0, 0.1) is 0 Å². The highest BCUT2D eigenvalue weighted by molar-refractivity contribution is 5.94. The van der Waals surface area contributed by atoms with Gasteiger partial charge in [0.25, 0.3) is 0 Å². The highest BCUT2D eigenvalue weighted by Gasteiger charge is 2.14. The maximum absolute atomic E-state index is 11.3. The molecule has 1 amide bonds. The van der Waals surface area contributed by atoms with Crippen molar-refractivity contribution in [2.45, 2.75) is 19.4 Å². The van der Waals surface area contributed by atoms with Gasteiger partial charge in [-0.05, 0) is 30.2 Å². The smallest absolute Gasteiger partial charge is 0.224 e. The Kier molecular flexibility index (Phi) is 2.95. The lowest BCUT2D eigenvalue weighted by Gasteiger charge is -2.18. The molecule has 1 aliphatic heterocycles.